The van der Waals surface area contributed by atoms with Gasteiger partial charge in [-0.25, -0.2) is 4.79 Å². The van der Waals surface area contributed by atoms with E-state index in [0.717, 1.165) is 32.4 Å². The Morgan fingerprint density at radius 2 is 2.05 bits per heavy atom. The Morgan fingerprint density at radius 1 is 1.35 bits per heavy atom. The zero-order chi connectivity index (χ0) is 15.2. The number of amides is 1. The summed E-state index contributed by atoms with van der Waals surface area (Å²) in [6.45, 7) is 8.25. The van der Waals surface area contributed by atoms with Gasteiger partial charge in [0.15, 0.2) is 0 Å². The van der Waals surface area contributed by atoms with Crippen molar-refractivity contribution in [2.75, 3.05) is 33.3 Å². The van der Waals surface area contributed by atoms with Crippen LogP contribution >= 0.6 is 0 Å². The molecule has 1 fully saturated rings. The van der Waals surface area contributed by atoms with Crippen LogP contribution < -0.4 is 0 Å². The van der Waals surface area contributed by atoms with Gasteiger partial charge in [0.05, 0.1) is 6.61 Å². The van der Waals surface area contributed by atoms with E-state index in [9.17, 15) is 4.79 Å². The molecule has 1 amide bonds. The molecule has 5 heteroatoms. The first-order valence-corrected chi connectivity index (χ1v) is 7.62. The molecular weight excluding hydrogens is 256 g/mol. The van der Waals surface area contributed by atoms with Crippen LogP contribution in [-0.2, 0) is 4.74 Å². The summed E-state index contributed by atoms with van der Waals surface area (Å²) in [5.74, 6) is 0. The Hall–Kier alpha value is -0.810. The van der Waals surface area contributed by atoms with Crippen molar-refractivity contribution < 1.29 is 14.6 Å². The first kappa shape index (κ1) is 17.2. The number of carbonyl (C=O) groups excluding carboxylic acids is 1. The molecule has 0 aliphatic carbocycles. The summed E-state index contributed by atoms with van der Waals surface area (Å²) in [6.07, 6.45) is 4.03. The first-order chi connectivity index (χ1) is 9.33. The fraction of sp³-hybridized carbons (Fsp3) is 0.933. The number of hydrogen-bond acceptors (Lipinski definition) is 4. The molecule has 0 radical (unpaired) electrons. The van der Waals surface area contributed by atoms with Crippen LogP contribution in [0.1, 0.15) is 46.5 Å². The molecule has 5 nitrogen and oxygen atoms in total. The maximum atomic E-state index is 12.2. The molecule has 1 heterocycles. The third-order valence-electron chi connectivity index (χ3n) is 3.58. The average Bonchev–Trinajstić information content (AvgIpc) is 2.35. The molecule has 1 aliphatic rings. The van der Waals surface area contributed by atoms with Crippen molar-refractivity contribution in [2.45, 2.75) is 58.1 Å². The maximum absolute atomic E-state index is 12.2. The molecule has 1 unspecified atom stereocenters. The first-order valence-electron chi connectivity index (χ1n) is 7.62. The SMILES string of the molecule is CN(CCO)CCC1CCCCN1C(=O)OC(C)(C)C. The number of likely N-dealkylation sites (tertiary alicyclic amines) is 1. The highest BCUT2D eigenvalue weighted by Crippen LogP contribution is 2.22. The van der Waals surface area contributed by atoms with Gasteiger partial charge in [-0.2, -0.15) is 0 Å². The Balaban J connectivity index is 2.51. The van der Waals surface area contributed by atoms with Gasteiger partial charge in [0, 0.05) is 19.1 Å². The van der Waals surface area contributed by atoms with Gasteiger partial charge >= 0.3 is 6.09 Å². The summed E-state index contributed by atoms with van der Waals surface area (Å²) < 4.78 is 5.50. The Labute approximate surface area is 122 Å². The molecule has 0 saturated carbocycles. The van der Waals surface area contributed by atoms with Crippen LogP contribution in [0.2, 0.25) is 0 Å². The highest BCUT2D eigenvalue weighted by molar-refractivity contribution is 5.68. The minimum atomic E-state index is -0.438. The van der Waals surface area contributed by atoms with Crippen molar-refractivity contribution in [3.63, 3.8) is 0 Å². The van der Waals surface area contributed by atoms with Crippen LogP contribution in [0.3, 0.4) is 0 Å². The lowest BCUT2D eigenvalue weighted by Gasteiger charge is -2.37. The van der Waals surface area contributed by atoms with Crippen molar-refractivity contribution in [3.8, 4) is 0 Å². The van der Waals surface area contributed by atoms with Gasteiger partial charge in [0.2, 0.25) is 0 Å². The van der Waals surface area contributed by atoms with E-state index in [1.54, 1.807) is 0 Å². The van der Waals surface area contributed by atoms with E-state index >= 15 is 0 Å². The molecule has 0 aromatic carbocycles. The largest absolute Gasteiger partial charge is 0.444 e. The molecular formula is C15H30N2O3. The fourth-order valence-electron chi connectivity index (χ4n) is 2.51. The lowest BCUT2D eigenvalue weighted by Crippen LogP contribution is -2.47. The maximum Gasteiger partial charge on any atom is 0.410 e. The van der Waals surface area contributed by atoms with E-state index < -0.39 is 5.60 Å². The highest BCUT2D eigenvalue weighted by atomic mass is 16.6. The Kier molecular flexibility index (Phi) is 6.76. The van der Waals surface area contributed by atoms with E-state index in [0.29, 0.717) is 6.54 Å². The van der Waals surface area contributed by atoms with Crippen LogP contribution in [0.25, 0.3) is 0 Å². The molecule has 1 saturated heterocycles. The van der Waals surface area contributed by atoms with Crippen molar-refractivity contribution in [1.82, 2.24) is 9.80 Å². The van der Waals surface area contributed by atoms with E-state index in [-0.39, 0.29) is 18.7 Å². The van der Waals surface area contributed by atoms with Gasteiger partial charge in [0.1, 0.15) is 5.60 Å². The third-order valence-corrected chi connectivity index (χ3v) is 3.58. The number of nitrogens with zero attached hydrogens (tertiary/aromatic N) is 2. The molecule has 0 aromatic rings. The second-order valence-electron chi connectivity index (χ2n) is 6.64. The topological polar surface area (TPSA) is 53.0 Å². The van der Waals surface area contributed by atoms with Crippen LogP contribution in [0, 0.1) is 0 Å². The number of ether oxygens (including phenoxy) is 1. The highest BCUT2D eigenvalue weighted by Gasteiger charge is 2.30. The van der Waals surface area contributed by atoms with Crippen LogP contribution in [-0.4, -0.2) is 65.9 Å². The number of likely N-dealkylation sites (N-methyl/N-ethyl adjacent to an activating group) is 1. The molecule has 20 heavy (non-hydrogen) atoms. The standard InChI is InChI=1S/C15H30N2O3/c1-15(2,3)20-14(19)17-9-6-5-7-13(17)8-10-16(4)11-12-18/h13,18H,5-12H2,1-4H3. The monoisotopic (exact) mass is 286 g/mol. The number of aliphatic hydroxyl groups excluding tert-OH is 1. The summed E-state index contributed by atoms with van der Waals surface area (Å²) in [7, 11) is 2.00. The molecule has 1 N–H and O–H groups in total. The van der Waals surface area contributed by atoms with E-state index in [1.807, 2.05) is 32.7 Å². The molecule has 1 aliphatic heterocycles. The minimum absolute atomic E-state index is 0.178. The van der Waals surface area contributed by atoms with Crippen molar-refractivity contribution in [2.24, 2.45) is 0 Å². The lowest BCUT2D eigenvalue weighted by molar-refractivity contribution is 0.00780. The molecule has 0 spiro atoms. The van der Waals surface area contributed by atoms with Crippen LogP contribution in [0.15, 0.2) is 0 Å². The van der Waals surface area contributed by atoms with Gasteiger partial charge in [-0.05, 0) is 60.0 Å². The number of hydrogen-bond donors (Lipinski definition) is 1. The van der Waals surface area contributed by atoms with E-state index in [2.05, 4.69) is 4.90 Å². The Bertz CT molecular complexity index is 302. The van der Waals surface area contributed by atoms with Crippen molar-refractivity contribution in [1.29, 1.82) is 0 Å². The third kappa shape index (κ3) is 6.09. The van der Waals surface area contributed by atoms with Crippen LogP contribution in [0.4, 0.5) is 4.79 Å². The summed E-state index contributed by atoms with van der Waals surface area (Å²) in [4.78, 5) is 16.2. The average molecular weight is 286 g/mol. The molecule has 1 atom stereocenters. The molecule has 1 rings (SSSR count). The minimum Gasteiger partial charge on any atom is -0.444 e. The molecule has 118 valence electrons. The Morgan fingerprint density at radius 3 is 2.65 bits per heavy atom. The van der Waals surface area contributed by atoms with Gasteiger partial charge in [-0.3, -0.25) is 0 Å². The summed E-state index contributed by atoms with van der Waals surface area (Å²) in [6, 6.07) is 0.264. The lowest BCUT2D eigenvalue weighted by atomic mass is 9.99. The smallest absolute Gasteiger partial charge is 0.410 e. The molecule has 0 bridgehead atoms. The predicted molar refractivity (Wildman–Crippen MR) is 79.8 cm³/mol. The normalized spacial score (nSPS) is 20.3. The van der Waals surface area contributed by atoms with Crippen LogP contribution in [0.5, 0.6) is 0 Å². The van der Waals surface area contributed by atoms with Gasteiger partial charge in [-0.15, -0.1) is 0 Å². The van der Waals surface area contributed by atoms with Crippen molar-refractivity contribution >= 4 is 6.09 Å². The van der Waals surface area contributed by atoms with E-state index in [4.69, 9.17) is 9.84 Å². The number of aliphatic hydroxyl groups is 1. The van der Waals surface area contributed by atoms with Gasteiger partial charge in [0.25, 0.3) is 0 Å². The number of rotatable bonds is 5. The zero-order valence-corrected chi connectivity index (χ0v) is 13.4. The zero-order valence-electron chi connectivity index (χ0n) is 13.4. The van der Waals surface area contributed by atoms with Gasteiger partial charge < -0.3 is 19.6 Å². The number of piperidine rings is 1. The number of carbonyl (C=O) groups is 1. The predicted octanol–water partition coefficient (Wildman–Crippen LogP) is 2.09. The van der Waals surface area contributed by atoms with Crippen molar-refractivity contribution in [3.05, 3.63) is 0 Å². The van der Waals surface area contributed by atoms with E-state index in [1.165, 1.54) is 6.42 Å². The summed E-state index contributed by atoms with van der Waals surface area (Å²) in [5, 5.41) is 8.92. The summed E-state index contributed by atoms with van der Waals surface area (Å²) in [5.41, 5.74) is -0.438. The van der Waals surface area contributed by atoms with Gasteiger partial charge in [-0.1, -0.05) is 0 Å². The second-order valence-corrected chi connectivity index (χ2v) is 6.64. The second kappa shape index (κ2) is 7.84. The quantitative estimate of drug-likeness (QED) is 0.841. The molecule has 0 aromatic heterocycles. The summed E-state index contributed by atoms with van der Waals surface area (Å²) >= 11 is 0. The fourth-order valence-corrected chi connectivity index (χ4v) is 2.51.